The van der Waals surface area contributed by atoms with Gasteiger partial charge in [-0.2, -0.15) is 0 Å². The zero-order valence-electron chi connectivity index (χ0n) is 9.88. The first-order valence-electron chi connectivity index (χ1n) is 1.78. The Morgan fingerprint density at radius 3 is 1.07 bits per heavy atom. The Kier molecular flexibility index (Phi) is 45.5. The maximum Gasteiger partial charge on any atom is 2.00 e. The number of hydrogen-bond acceptors (Lipinski definition) is 3. The van der Waals surface area contributed by atoms with Gasteiger partial charge in [-0.15, -0.1) is 0 Å². The Hall–Kier alpha value is 1.55. The molecule has 10 heteroatoms. The van der Waals surface area contributed by atoms with E-state index in [1.54, 1.807) is 0 Å². The average molecular weight is 367 g/mol. The summed E-state index contributed by atoms with van der Waals surface area (Å²) in [5.41, 5.74) is 0. The van der Waals surface area contributed by atoms with Crippen molar-refractivity contribution in [1.29, 1.82) is 0 Å². The molecule has 15 heavy (non-hydrogen) atoms. The number of phosphoric acid groups is 1. The second-order valence-corrected chi connectivity index (χ2v) is 4.62. The predicted octanol–water partition coefficient (Wildman–Crippen LogP) is 1.71. The second-order valence-electron chi connectivity index (χ2n) is 1.38. The van der Waals surface area contributed by atoms with Crippen LogP contribution in [0.5, 0.6) is 0 Å². The van der Waals surface area contributed by atoms with E-state index in [0.717, 1.165) is 0 Å². The summed E-state index contributed by atoms with van der Waals surface area (Å²) in [7, 11) is -8.85. The summed E-state index contributed by atoms with van der Waals surface area (Å²) in [4.78, 5) is 24.0. The third-order valence-corrected chi connectivity index (χ3v) is 2.32. The van der Waals surface area contributed by atoms with Gasteiger partial charge in [-0.1, -0.05) is 0 Å². The van der Waals surface area contributed by atoms with Gasteiger partial charge in [0.15, 0.2) is 0 Å². The SMILES string of the molecule is CP(=O)(O)OP(=O)(O)O.[CH3-].[CH3-].[CH3-].[CH3-].[Zn+2].[Zn+2]. The van der Waals surface area contributed by atoms with E-state index in [1.165, 1.54) is 0 Å². The molecule has 88 valence electrons. The van der Waals surface area contributed by atoms with Crippen molar-refractivity contribution < 1.29 is 67.1 Å². The molecule has 0 saturated carbocycles. The van der Waals surface area contributed by atoms with E-state index >= 15 is 0 Å². The minimum atomic E-state index is -4.80. The Bertz CT molecular complexity index is 168. The fourth-order valence-electron chi connectivity index (χ4n) is 0.197. The van der Waals surface area contributed by atoms with Gasteiger partial charge in [0.05, 0.1) is 0 Å². The second kappa shape index (κ2) is 15.5. The molecule has 0 amide bonds. The Labute approximate surface area is 118 Å². The van der Waals surface area contributed by atoms with Crippen LogP contribution in [0.25, 0.3) is 0 Å². The van der Waals surface area contributed by atoms with Crippen molar-refractivity contribution in [2.75, 3.05) is 6.66 Å². The Morgan fingerprint density at radius 1 is 0.867 bits per heavy atom. The number of rotatable bonds is 2. The maximum absolute atomic E-state index is 10.1. The van der Waals surface area contributed by atoms with Crippen molar-refractivity contribution in [3.05, 3.63) is 29.7 Å². The van der Waals surface area contributed by atoms with E-state index in [2.05, 4.69) is 4.31 Å². The molecule has 0 radical (unpaired) electrons. The first-order chi connectivity index (χ1) is 3.71. The maximum atomic E-state index is 10.1. The van der Waals surface area contributed by atoms with Crippen LogP contribution in [0.2, 0.25) is 0 Å². The van der Waals surface area contributed by atoms with Crippen LogP contribution >= 0.6 is 15.4 Å². The fourth-order valence-corrected chi connectivity index (χ4v) is 1.78. The predicted molar refractivity (Wildman–Crippen MR) is 54.5 cm³/mol. The summed E-state index contributed by atoms with van der Waals surface area (Å²) in [6.45, 7) is 0.687. The van der Waals surface area contributed by atoms with Crippen molar-refractivity contribution >= 4 is 15.4 Å². The van der Waals surface area contributed by atoms with Crippen molar-refractivity contribution in [1.82, 2.24) is 0 Å². The molecule has 0 aromatic rings. The van der Waals surface area contributed by atoms with E-state index in [0.29, 0.717) is 6.66 Å². The van der Waals surface area contributed by atoms with Crippen molar-refractivity contribution in [3.8, 4) is 0 Å². The van der Waals surface area contributed by atoms with Crippen LogP contribution in [0, 0.1) is 29.7 Å². The van der Waals surface area contributed by atoms with Gasteiger partial charge in [-0.25, -0.2) is 8.88 Å². The third-order valence-electron chi connectivity index (χ3n) is 0.258. The van der Waals surface area contributed by atoms with Crippen molar-refractivity contribution in [3.63, 3.8) is 0 Å². The molecular weight excluding hydrogens is 349 g/mol. The topological polar surface area (TPSA) is 104 Å². The van der Waals surface area contributed by atoms with Gasteiger partial charge in [0.2, 0.25) is 0 Å². The molecule has 0 spiro atoms. The van der Waals surface area contributed by atoms with E-state index in [4.69, 9.17) is 14.7 Å². The van der Waals surface area contributed by atoms with Gasteiger partial charge < -0.3 is 44.4 Å². The van der Waals surface area contributed by atoms with Crippen LogP contribution < -0.4 is 0 Å². The molecule has 0 aromatic heterocycles. The largest absolute Gasteiger partial charge is 2.00 e. The van der Waals surface area contributed by atoms with Crippen molar-refractivity contribution in [2.45, 2.75) is 0 Å². The molecular formula is C5H18O6P2Zn2. The van der Waals surface area contributed by atoms with Gasteiger partial charge in [-0.3, -0.25) is 4.57 Å². The first kappa shape index (κ1) is 43.9. The summed E-state index contributed by atoms with van der Waals surface area (Å²) >= 11 is 0. The van der Waals surface area contributed by atoms with E-state index in [-0.39, 0.29) is 68.7 Å². The summed E-state index contributed by atoms with van der Waals surface area (Å²) in [5.74, 6) is 0. The monoisotopic (exact) mass is 364 g/mol. The summed E-state index contributed by atoms with van der Waals surface area (Å²) in [6, 6.07) is 0. The minimum Gasteiger partial charge on any atom is -0.358 e. The van der Waals surface area contributed by atoms with Gasteiger partial charge in [0.1, 0.15) is 0 Å². The van der Waals surface area contributed by atoms with Gasteiger partial charge in [-0.05, 0) is 0 Å². The minimum absolute atomic E-state index is 0. The molecule has 0 aliphatic heterocycles. The molecule has 0 aromatic carbocycles. The van der Waals surface area contributed by atoms with E-state index in [1.807, 2.05) is 0 Å². The molecule has 0 aliphatic carbocycles. The normalized spacial score (nSPS) is 11.5. The molecule has 0 aliphatic rings. The van der Waals surface area contributed by atoms with E-state index in [9.17, 15) is 9.13 Å². The molecule has 1 atom stereocenters. The van der Waals surface area contributed by atoms with Gasteiger partial charge in [0, 0.05) is 6.66 Å². The zero-order valence-corrected chi connectivity index (χ0v) is 17.6. The molecule has 0 bridgehead atoms. The smallest absolute Gasteiger partial charge is 0.358 e. The average Bonchev–Trinajstić information content (AvgIpc) is 1.14. The molecule has 1 unspecified atom stereocenters. The number of hydrogen-bond donors (Lipinski definition) is 3. The van der Waals surface area contributed by atoms with Crippen LogP contribution in [-0.2, 0) is 52.4 Å². The molecule has 0 rings (SSSR count). The Balaban J connectivity index is -0.0000000213. The van der Waals surface area contributed by atoms with Crippen LogP contribution in [0.1, 0.15) is 0 Å². The van der Waals surface area contributed by atoms with Crippen LogP contribution in [0.3, 0.4) is 0 Å². The summed E-state index contributed by atoms with van der Waals surface area (Å²) < 4.78 is 23.3. The molecule has 0 heterocycles. The van der Waals surface area contributed by atoms with Crippen molar-refractivity contribution in [2.24, 2.45) is 0 Å². The zero-order chi connectivity index (χ0) is 7.71. The summed E-state index contributed by atoms with van der Waals surface area (Å²) in [6.07, 6.45) is 0. The third kappa shape index (κ3) is 50.1. The van der Waals surface area contributed by atoms with Crippen LogP contribution in [0.4, 0.5) is 0 Å². The summed E-state index contributed by atoms with van der Waals surface area (Å²) in [5, 5.41) is 0. The molecule has 3 N–H and O–H groups in total. The molecule has 0 saturated heterocycles. The fraction of sp³-hybridized carbons (Fsp3) is 0.200. The van der Waals surface area contributed by atoms with E-state index < -0.39 is 15.4 Å². The van der Waals surface area contributed by atoms with Gasteiger partial charge >= 0.3 is 54.4 Å². The van der Waals surface area contributed by atoms with Gasteiger partial charge in [0.25, 0.3) is 0 Å². The Morgan fingerprint density at radius 2 is 1.07 bits per heavy atom. The standard InChI is InChI=1S/CH6O6P2.4CH3.2Zn/c1-8(2,3)7-9(4,5)6;;;;;;/h1H3,(H,2,3)(H2,4,5,6);4*1H3;;/q;4*-1;2*+2. The molecule has 6 nitrogen and oxygen atoms in total. The quantitative estimate of drug-likeness (QED) is 0.390. The first-order valence-corrected chi connectivity index (χ1v) is 5.33. The molecule has 0 fully saturated rings. The van der Waals surface area contributed by atoms with Crippen LogP contribution in [0.15, 0.2) is 0 Å². The van der Waals surface area contributed by atoms with Crippen LogP contribution in [-0.4, -0.2) is 21.3 Å².